The lowest BCUT2D eigenvalue weighted by atomic mass is 9.83. The lowest BCUT2D eigenvalue weighted by molar-refractivity contribution is -0.137. The Balaban J connectivity index is 1.40. The van der Waals surface area contributed by atoms with E-state index < -0.39 is 11.7 Å². The van der Waals surface area contributed by atoms with Crippen molar-refractivity contribution in [2.75, 3.05) is 26.2 Å². The number of benzene rings is 2. The molecule has 2 aliphatic rings. The number of likely N-dealkylation sites (tertiary alicyclic amines) is 2. The van der Waals surface area contributed by atoms with Crippen LogP contribution in [0, 0.1) is 17.2 Å². The molecule has 2 fully saturated rings. The number of imidazole rings is 1. The summed E-state index contributed by atoms with van der Waals surface area (Å²) in [6, 6.07) is 14.8. The SMILES string of the molecule is N#CC1CCN(C(=O)N2CC(c3ccc(C(F)(F)F)cc3)CC(c3cn(-c4cccc(Cl)c4)cn3)C2)CC1. The van der Waals surface area contributed by atoms with Crippen LogP contribution in [0.2, 0.25) is 5.02 Å². The van der Waals surface area contributed by atoms with E-state index in [1.54, 1.807) is 22.2 Å². The molecule has 0 spiro atoms. The molecule has 3 heterocycles. The normalized spacial score (nSPS) is 20.8. The molecule has 5 rings (SSSR count). The van der Waals surface area contributed by atoms with Crippen LogP contribution in [-0.4, -0.2) is 51.6 Å². The smallest absolute Gasteiger partial charge is 0.325 e. The predicted octanol–water partition coefficient (Wildman–Crippen LogP) is 6.47. The van der Waals surface area contributed by atoms with Gasteiger partial charge >= 0.3 is 12.2 Å². The maximum Gasteiger partial charge on any atom is 0.416 e. The first-order valence-electron chi connectivity index (χ1n) is 12.6. The van der Waals surface area contributed by atoms with Gasteiger partial charge in [0.25, 0.3) is 0 Å². The van der Waals surface area contributed by atoms with Crippen molar-refractivity contribution in [1.82, 2.24) is 19.4 Å². The van der Waals surface area contributed by atoms with Gasteiger partial charge in [0.2, 0.25) is 0 Å². The van der Waals surface area contributed by atoms with Gasteiger partial charge < -0.3 is 14.4 Å². The number of nitrogens with zero attached hydrogens (tertiary/aromatic N) is 5. The molecule has 0 aliphatic carbocycles. The minimum absolute atomic E-state index is 0.0384. The molecule has 0 saturated carbocycles. The maximum atomic E-state index is 13.5. The summed E-state index contributed by atoms with van der Waals surface area (Å²) in [7, 11) is 0. The minimum Gasteiger partial charge on any atom is -0.325 e. The molecule has 2 unspecified atom stereocenters. The molecule has 2 aliphatic heterocycles. The molecular formula is C28H27ClF3N5O. The van der Waals surface area contributed by atoms with Crippen molar-refractivity contribution in [3.8, 4) is 11.8 Å². The van der Waals surface area contributed by atoms with Gasteiger partial charge in [0, 0.05) is 60.8 Å². The Hall–Kier alpha value is -3.51. The van der Waals surface area contributed by atoms with Crippen molar-refractivity contribution in [3.05, 3.63) is 82.9 Å². The first-order chi connectivity index (χ1) is 18.2. The second-order valence-corrected chi connectivity index (χ2v) is 10.4. The molecule has 38 heavy (non-hydrogen) atoms. The van der Waals surface area contributed by atoms with E-state index in [4.69, 9.17) is 11.6 Å². The van der Waals surface area contributed by atoms with E-state index >= 15 is 0 Å². The van der Waals surface area contributed by atoms with E-state index in [2.05, 4.69) is 11.1 Å². The van der Waals surface area contributed by atoms with Crippen molar-refractivity contribution < 1.29 is 18.0 Å². The third-order valence-corrected chi connectivity index (χ3v) is 7.74. The van der Waals surface area contributed by atoms with Gasteiger partial charge in [-0.15, -0.1) is 0 Å². The summed E-state index contributed by atoms with van der Waals surface area (Å²) in [4.78, 5) is 21.7. The van der Waals surface area contributed by atoms with Crippen LogP contribution in [0.3, 0.4) is 0 Å². The van der Waals surface area contributed by atoms with Crippen molar-refractivity contribution in [3.63, 3.8) is 0 Å². The number of piperidine rings is 2. The lowest BCUT2D eigenvalue weighted by Crippen LogP contribution is -2.51. The molecular weight excluding hydrogens is 515 g/mol. The summed E-state index contributed by atoms with van der Waals surface area (Å²) in [5, 5.41) is 9.81. The highest BCUT2D eigenvalue weighted by Gasteiger charge is 2.36. The van der Waals surface area contributed by atoms with Crippen LogP contribution >= 0.6 is 11.6 Å². The summed E-state index contributed by atoms with van der Waals surface area (Å²) in [5.74, 6) is -0.284. The maximum absolute atomic E-state index is 13.5. The molecule has 10 heteroatoms. The Morgan fingerprint density at radius 1 is 1.03 bits per heavy atom. The van der Waals surface area contributed by atoms with E-state index in [1.807, 2.05) is 29.0 Å². The molecule has 2 saturated heterocycles. The quantitative estimate of drug-likeness (QED) is 0.381. The van der Waals surface area contributed by atoms with Crippen LogP contribution in [0.25, 0.3) is 5.69 Å². The molecule has 2 aromatic carbocycles. The molecule has 0 radical (unpaired) electrons. The average Bonchev–Trinajstić information content (AvgIpc) is 3.43. The van der Waals surface area contributed by atoms with Crippen LogP contribution in [0.4, 0.5) is 18.0 Å². The summed E-state index contributed by atoms with van der Waals surface area (Å²) in [6.45, 7) is 1.91. The molecule has 3 aromatic rings. The number of halogens is 4. The van der Waals surface area contributed by atoms with E-state index in [-0.39, 0.29) is 23.8 Å². The molecule has 0 N–H and O–H groups in total. The Bertz CT molecular complexity index is 1330. The van der Waals surface area contributed by atoms with Crippen molar-refractivity contribution >= 4 is 17.6 Å². The zero-order valence-corrected chi connectivity index (χ0v) is 21.4. The fourth-order valence-electron chi connectivity index (χ4n) is 5.38. The fourth-order valence-corrected chi connectivity index (χ4v) is 5.57. The summed E-state index contributed by atoms with van der Waals surface area (Å²) in [6.07, 6.45) is 1.17. The largest absolute Gasteiger partial charge is 0.416 e. The zero-order valence-electron chi connectivity index (χ0n) is 20.6. The molecule has 6 nitrogen and oxygen atoms in total. The fraction of sp³-hybridized carbons (Fsp3) is 0.393. The second kappa shape index (κ2) is 10.7. The van der Waals surface area contributed by atoms with E-state index in [1.165, 1.54) is 12.1 Å². The number of carbonyl (C=O) groups is 1. The van der Waals surface area contributed by atoms with Gasteiger partial charge in [-0.25, -0.2) is 9.78 Å². The van der Waals surface area contributed by atoms with Crippen molar-refractivity contribution in [2.45, 2.75) is 37.3 Å². The summed E-state index contributed by atoms with van der Waals surface area (Å²) >= 11 is 6.15. The van der Waals surface area contributed by atoms with E-state index in [0.717, 1.165) is 29.1 Å². The van der Waals surface area contributed by atoms with Gasteiger partial charge in [0.1, 0.15) is 0 Å². The number of hydrogen-bond acceptors (Lipinski definition) is 3. The Morgan fingerprint density at radius 3 is 2.39 bits per heavy atom. The van der Waals surface area contributed by atoms with Crippen LogP contribution < -0.4 is 0 Å². The number of carbonyl (C=O) groups excluding carboxylic acids is 1. The number of nitriles is 1. The molecule has 2 amide bonds. The van der Waals surface area contributed by atoms with E-state index in [9.17, 15) is 23.2 Å². The van der Waals surface area contributed by atoms with Crippen LogP contribution in [-0.2, 0) is 6.18 Å². The Morgan fingerprint density at radius 2 is 1.74 bits per heavy atom. The number of urea groups is 1. The third kappa shape index (κ3) is 5.65. The van der Waals surface area contributed by atoms with Gasteiger partial charge in [-0.3, -0.25) is 0 Å². The van der Waals surface area contributed by atoms with Gasteiger partial charge in [0.05, 0.1) is 23.7 Å². The highest BCUT2D eigenvalue weighted by Crippen LogP contribution is 2.38. The van der Waals surface area contributed by atoms with Crippen molar-refractivity contribution in [2.24, 2.45) is 5.92 Å². The first-order valence-corrected chi connectivity index (χ1v) is 13.0. The van der Waals surface area contributed by atoms with Gasteiger partial charge in [-0.2, -0.15) is 18.4 Å². The number of alkyl halides is 3. The number of aromatic nitrogens is 2. The average molecular weight is 542 g/mol. The summed E-state index contributed by atoms with van der Waals surface area (Å²) < 4.78 is 41.3. The highest BCUT2D eigenvalue weighted by atomic mass is 35.5. The Labute approximate surface area is 224 Å². The number of rotatable bonds is 3. The molecule has 2 atom stereocenters. The highest BCUT2D eigenvalue weighted by molar-refractivity contribution is 6.30. The van der Waals surface area contributed by atoms with Crippen molar-refractivity contribution in [1.29, 1.82) is 5.26 Å². The lowest BCUT2D eigenvalue weighted by Gasteiger charge is -2.41. The van der Waals surface area contributed by atoms with Gasteiger partial charge in [-0.1, -0.05) is 29.8 Å². The molecule has 0 bridgehead atoms. The van der Waals surface area contributed by atoms with Gasteiger partial charge in [0.15, 0.2) is 0 Å². The van der Waals surface area contributed by atoms with Crippen LogP contribution in [0.5, 0.6) is 0 Å². The topological polar surface area (TPSA) is 65.2 Å². The standard InChI is InChI=1S/C28H27ClF3N5O/c29-24-2-1-3-25(13-24)37-17-26(34-18-37)22-12-21(20-4-6-23(7-5-20)28(30,31)32)15-36(16-22)27(38)35-10-8-19(14-33)9-11-35/h1-7,13,17-19,21-22H,8-12,15-16H2. The number of amides is 2. The zero-order chi connectivity index (χ0) is 26.9. The monoisotopic (exact) mass is 541 g/mol. The number of hydrogen-bond donors (Lipinski definition) is 0. The Kier molecular flexibility index (Phi) is 7.35. The third-order valence-electron chi connectivity index (χ3n) is 7.51. The summed E-state index contributed by atoms with van der Waals surface area (Å²) in [5.41, 5.74) is 1.74. The molecule has 1 aromatic heterocycles. The predicted molar refractivity (Wildman–Crippen MR) is 137 cm³/mol. The van der Waals surface area contributed by atoms with Crippen LogP contribution in [0.1, 0.15) is 47.9 Å². The van der Waals surface area contributed by atoms with Gasteiger partial charge in [-0.05, 0) is 55.2 Å². The van der Waals surface area contributed by atoms with Crippen LogP contribution in [0.15, 0.2) is 61.1 Å². The first kappa shape index (κ1) is 26.1. The minimum atomic E-state index is -4.40. The molecule has 198 valence electrons. The second-order valence-electron chi connectivity index (χ2n) is 10.0. The van der Waals surface area contributed by atoms with E-state index in [0.29, 0.717) is 50.5 Å².